The number of carboxylic acids is 1. The lowest BCUT2D eigenvalue weighted by Gasteiger charge is -2.08. The third-order valence-electron chi connectivity index (χ3n) is 2.08. The first-order valence-electron chi connectivity index (χ1n) is 5.01. The number of hydrogen-bond donors (Lipinski definition) is 2. The van der Waals surface area contributed by atoms with Gasteiger partial charge in [0.05, 0.1) is 15.7 Å². The van der Waals surface area contributed by atoms with Crippen LogP contribution in [0.2, 0.25) is 10.0 Å². The predicted molar refractivity (Wildman–Crippen MR) is 66.4 cm³/mol. The zero-order valence-corrected chi connectivity index (χ0v) is 10.2. The van der Waals surface area contributed by atoms with Crippen LogP contribution in [0.25, 0.3) is 0 Å². The zero-order valence-electron chi connectivity index (χ0n) is 8.67. The second-order valence-corrected chi connectivity index (χ2v) is 4.16. The summed E-state index contributed by atoms with van der Waals surface area (Å²) in [4.78, 5) is 10.3. The largest absolute Gasteiger partial charge is 0.481 e. The minimum Gasteiger partial charge on any atom is -0.481 e. The van der Waals surface area contributed by atoms with E-state index < -0.39 is 5.97 Å². The molecule has 0 radical (unpaired) electrons. The average Bonchev–Trinajstić information content (AvgIpc) is 2.23. The molecule has 88 valence electrons. The van der Waals surface area contributed by atoms with Crippen molar-refractivity contribution in [2.24, 2.45) is 0 Å². The third-order valence-corrected chi connectivity index (χ3v) is 2.90. The molecule has 0 bridgehead atoms. The van der Waals surface area contributed by atoms with Gasteiger partial charge in [0.15, 0.2) is 0 Å². The molecule has 1 rings (SSSR count). The lowest BCUT2D eigenvalue weighted by molar-refractivity contribution is -0.137. The van der Waals surface area contributed by atoms with Gasteiger partial charge >= 0.3 is 5.97 Å². The number of rotatable bonds is 6. The normalized spacial score (nSPS) is 10.1. The molecule has 0 aliphatic heterocycles. The highest BCUT2D eigenvalue weighted by Gasteiger charge is 2.03. The first-order chi connectivity index (χ1) is 7.61. The molecule has 0 heterocycles. The summed E-state index contributed by atoms with van der Waals surface area (Å²) in [6, 6.07) is 5.37. The fraction of sp³-hybridized carbons (Fsp3) is 0.364. The number of carboxylic acid groups (broad SMARTS) is 1. The molecule has 16 heavy (non-hydrogen) atoms. The van der Waals surface area contributed by atoms with E-state index in [1.807, 2.05) is 12.1 Å². The van der Waals surface area contributed by atoms with Crippen molar-refractivity contribution in [3.8, 4) is 0 Å². The summed E-state index contributed by atoms with van der Waals surface area (Å²) in [6.45, 7) is 0.688. The summed E-state index contributed by atoms with van der Waals surface area (Å²) in [5.74, 6) is -0.763. The SMILES string of the molecule is O=C(O)CCCCNc1cccc(Cl)c1Cl. The molecule has 0 unspecified atom stereocenters. The number of benzene rings is 1. The van der Waals surface area contributed by atoms with Crippen molar-refractivity contribution >= 4 is 34.9 Å². The zero-order chi connectivity index (χ0) is 12.0. The van der Waals surface area contributed by atoms with E-state index in [-0.39, 0.29) is 6.42 Å². The van der Waals surface area contributed by atoms with Crippen molar-refractivity contribution in [2.45, 2.75) is 19.3 Å². The molecule has 0 aliphatic rings. The van der Waals surface area contributed by atoms with Crippen molar-refractivity contribution in [3.05, 3.63) is 28.2 Å². The van der Waals surface area contributed by atoms with E-state index in [1.165, 1.54) is 0 Å². The van der Waals surface area contributed by atoms with Gasteiger partial charge in [-0.15, -0.1) is 0 Å². The lowest BCUT2D eigenvalue weighted by atomic mass is 10.2. The Morgan fingerprint density at radius 1 is 1.31 bits per heavy atom. The Bertz CT molecular complexity index is 369. The van der Waals surface area contributed by atoms with Crippen LogP contribution in [-0.4, -0.2) is 17.6 Å². The monoisotopic (exact) mass is 261 g/mol. The van der Waals surface area contributed by atoms with Crippen molar-refractivity contribution in [3.63, 3.8) is 0 Å². The molecule has 5 heteroatoms. The summed E-state index contributed by atoms with van der Waals surface area (Å²) in [7, 11) is 0. The Morgan fingerprint density at radius 2 is 2.06 bits per heavy atom. The van der Waals surface area contributed by atoms with Crippen molar-refractivity contribution < 1.29 is 9.90 Å². The fourth-order valence-electron chi connectivity index (χ4n) is 1.26. The van der Waals surface area contributed by atoms with Crippen molar-refractivity contribution in [2.75, 3.05) is 11.9 Å². The molecule has 0 saturated carbocycles. The van der Waals surface area contributed by atoms with Gasteiger partial charge in [0, 0.05) is 13.0 Å². The number of halogens is 2. The quantitative estimate of drug-likeness (QED) is 0.769. The number of aliphatic carboxylic acids is 1. The number of carbonyl (C=O) groups is 1. The summed E-state index contributed by atoms with van der Waals surface area (Å²) in [6.07, 6.45) is 1.64. The van der Waals surface area contributed by atoms with Gasteiger partial charge in [-0.3, -0.25) is 4.79 Å². The van der Waals surface area contributed by atoms with Crippen LogP contribution in [0.1, 0.15) is 19.3 Å². The highest BCUT2D eigenvalue weighted by molar-refractivity contribution is 6.43. The second-order valence-electron chi connectivity index (χ2n) is 3.38. The Labute approximate surface area is 104 Å². The van der Waals surface area contributed by atoms with Crippen LogP contribution < -0.4 is 5.32 Å². The van der Waals surface area contributed by atoms with E-state index in [2.05, 4.69) is 5.32 Å². The van der Waals surface area contributed by atoms with E-state index in [0.29, 0.717) is 23.0 Å². The minimum absolute atomic E-state index is 0.199. The van der Waals surface area contributed by atoms with Gasteiger partial charge in [-0.2, -0.15) is 0 Å². The number of hydrogen-bond acceptors (Lipinski definition) is 2. The number of anilines is 1. The predicted octanol–water partition coefficient (Wildman–Crippen LogP) is 3.66. The van der Waals surface area contributed by atoms with Gasteiger partial charge in [-0.25, -0.2) is 0 Å². The highest BCUT2D eigenvalue weighted by Crippen LogP contribution is 2.29. The Hall–Kier alpha value is -0.930. The number of unbranched alkanes of at least 4 members (excludes halogenated alkanes) is 1. The maximum atomic E-state index is 10.3. The maximum Gasteiger partial charge on any atom is 0.303 e. The van der Waals surface area contributed by atoms with Crippen molar-refractivity contribution in [1.29, 1.82) is 0 Å². The molecule has 0 aromatic heterocycles. The van der Waals surface area contributed by atoms with Crippen molar-refractivity contribution in [1.82, 2.24) is 0 Å². The van der Waals surface area contributed by atoms with Gasteiger partial charge in [-0.1, -0.05) is 29.3 Å². The maximum absolute atomic E-state index is 10.3. The van der Waals surface area contributed by atoms with E-state index in [1.54, 1.807) is 6.07 Å². The van der Waals surface area contributed by atoms with E-state index in [0.717, 1.165) is 12.1 Å². The van der Waals surface area contributed by atoms with Gasteiger partial charge < -0.3 is 10.4 Å². The lowest BCUT2D eigenvalue weighted by Crippen LogP contribution is -2.03. The van der Waals surface area contributed by atoms with Gasteiger partial charge in [0.2, 0.25) is 0 Å². The topological polar surface area (TPSA) is 49.3 Å². The van der Waals surface area contributed by atoms with Crippen LogP contribution in [-0.2, 0) is 4.79 Å². The van der Waals surface area contributed by atoms with Crippen LogP contribution in [0, 0.1) is 0 Å². The Kier molecular flexibility index (Phi) is 5.43. The summed E-state index contributed by atoms with van der Waals surface area (Å²) < 4.78 is 0. The molecular formula is C11H13Cl2NO2. The molecule has 0 saturated heterocycles. The van der Waals surface area contributed by atoms with Crippen LogP contribution in [0.15, 0.2) is 18.2 Å². The molecule has 1 aromatic carbocycles. The van der Waals surface area contributed by atoms with Gasteiger partial charge in [0.1, 0.15) is 0 Å². The second kappa shape index (κ2) is 6.61. The van der Waals surface area contributed by atoms with E-state index in [9.17, 15) is 4.79 Å². The molecule has 2 N–H and O–H groups in total. The van der Waals surface area contributed by atoms with Crippen LogP contribution in [0.4, 0.5) is 5.69 Å². The molecule has 1 aromatic rings. The van der Waals surface area contributed by atoms with E-state index >= 15 is 0 Å². The first kappa shape index (κ1) is 13.1. The van der Waals surface area contributed by atoms with E-state index in [4.69, 9.17) is 28.3 Å². The minimum atomic E-state index is -0.763. The molecular weight excluding hydrogens is 249 g/mol. The van der Waals surface area contributed by atoms with Crippen LogP contribution >= 0.6 is 23.2 Å². The molecule has 0 atom stereocenters. The average molecular weight is 262 g/mol. The Morgan fingerprint density at radius 3 is 2.75 bits per heavy atom. The van der Waals surface area contributed by atoms with Crippen LogP contribution in [0.3, 0.4) is 0 Å². The molecule has 0 amide bonds. The summed E-state index contributed by atoms with van der Waals surface area (Å²) in [5, 5.41) is 12.6. The molecule has 0 aliphatic carbocycles. The third kappa shape index (κ3) is 4.29. The number of nitrogens with one attached hydrogen (secondary N) is 1. The summed E-state index contributed by atoms with van der Waals surface area (Å²) in [5.41, 5.74) is 0.782. The molecule has 0 spiro atoms. The van der Waals surface area contributed by atoms with Crippen LogP contribution in [0.5, 0.6) is 0 Å². The van der Waals surface area contributed by atoms with Gasteiger partial charge in [-0.05, 0) is 25.0 Å². The summed E-state index contributed by atoms with van der Waals surface area (Å²) >= 11 is 11.8. The first-order valence-corrected chi connectivity index (χ1v) is 5.76. The van der Waals surface area contributed by atoms with Gasteiger partial charge in [0.25, 0.3) is 0 Å². The standard InChI is InChI=1S/C11H13Cl2NO2/c12-8-4-3-5-9(11(8)13)14-7-2-1-6-10(15)16/h3-5,14H,1-2,6-7H2,(H,15,16). The highest BCUT2D eigenvalue weighted by atomic mass is 35.5. The Balaban J connectivity index is 2.32. The fourth-order valence-corrected chi connectivity index (χ4v) is 1.63. The molecule has 3 nitrogen and oxygen atoms in total. The molecule has 0 fully saturated rings. The smallest absolute Gasteiger partial charge is 0.303 e.